The van der Waals surface area contributed by atoms with Crippen molar-refractivity contribution in [2.24, 2.45) is 17.8 Å². The first-order valence-electron chi connectivity index (χ1n) is 9.79. The summed E-state index contributed by atoms with van der Waals surface area (Å²) in [4.78, 5) is 25.7. The lowest BCUT2D eigenvalue weighted by atomic mass is 9.86. The molecule has 3 aliphatic rings. The summed E-state index contributed by atoms with van der Waals surface area (Å²) in [5.41, 5.74) is 0. The van der Waals surface area contributed by atoms with Gasteiger partial charge < -0.3 is 10.0 Å². The lowest BCUT2D eigenvalue weighted by molar-refractivity contribution is -0.147. The number of hydrogen-bond donors (Lipinski definition) is 1. The normalized spacial score (nSPS) is 29.8. The zero-order valence-electron chi connectivity index (χ0n) is 15.5. The highest BCUT2D eigenvalue weighted by atomic mass is 32.2. The smallest absolute Gasteiger partial charge is 0.323 e. The molecule has 0 aromatic rings. The van der Waals surface area contributed by atoms with Crippen LogP contribution in [0.15, 0.2) is 0 Å². The van der Waals surface area contributed by atoms with Crippen LogP contribution in [0.2, 0.25) is 0 Å². The predicted octanol–water partition coefficient (Wildman–Crippen LogP) is 1.54. The lowest BCUT2D eigenvalue weighted by Gasteiger charge is -2.38. The summed E-state index contributed by atoms with van der Waals surface area (Å²) in [6.45, 7) is 2.05. The lowest BCUT2D eigenvalue weighted by Crippen LogP contribution is -2.50. The second-order valence-electron chi connectivity index (χ2n) is 8.09. The van der Waals surface area contributed by atoms with E-state index in [1.807, 2.05) is 0 Å². The van der Waals surface area contributed by atoms with Gasteiger partial charge in [0.1, 0.15) is 6.54 Å². The first-order valence-corrected chi connectivity index (χ1v) is 11.4. The third kappa shape index (κ3) is 4.22. The Morgan fingerprint density at radius 3 is 2.31 bits per heavy atom. The Morgan fingerprint density at radius 1 is 1.12 bits per heavy atom. The Labute approximate surface area is 155 Å². The quantitative estimate of drug-likeness (QED) is 0.716. The van der Waals surface area contributed by atoms with Crippen molar-refractivity contribution in [1.29, 1.82) is 0 Å². The molecular weight excluding hydrogens is 356 g/mol. The Kier molecular flexibility index (Phi) is 5.91. The van der Waals surface area contributed by atoms with Crippen LogP contribution in [0.1, 0.15) is 51.9 Å². The minimum absolute atomic E-state index is 0.0678. The van der Waals surface area contributed by atoms with Crippen LogP contribution in [0, 0.1) is 17.8 Å². The summed E-state index contributed by atoms with van der Waals surface area (Å²) in [5, 5.41) is 9.25. The second kappa shape index (κ2) is 7.84. The molecule has 7 nitrogen and oxygen atoms in total. The molecule has 0 radical (unpaired) electrons. The van der Waals surface area contributed by atoms with Gasteiger partial charge in [0.25, 0.3) is 0 Å². The van der Waals surface area contributed by atoms with Gasteiger partial charge in [-0.2, -0.15) is 0 Å². The summed E-state index contributed by atoms with van der Waals surface area (Å²) < 4.78 is 25.5. The fraction of sp³-hybridized carbons (Fsp3) is 0.889. The monoisotopic (exact) mass is 386 g/mol. The maximum atomic E-state index is 12.9. The van der Waals surface area contributed by atoms with Crippen molar-refractivity contribution >= 4 is 21.9 Å². The van der Waals surface area contributed by atoms with Gasteiger partial charge in [0, 0.05) is 25.6 Å². The largest absolute Gasteiger partial charge is 0.480 e. The first-order chi connectivity index (χ1) is 12.3. The van der Waals surface area contributed by atoms with Gasteiger partial charge in [-0.25, -0.2) is 12.7 Å². The van der Waals surface area contributed by atoms with E-state index in [4.69, 9.17) is 0 Å². The molecule has 0 spiro atoms. The highest BCUT2D eigenvalue weighted by Gasteiger charge is 2.41. The molecule has 1 saturated heterocycles. The van der Waals surface area contributed by atoms with E-state index in [-0.39, 0.29) is 24.2 Å². The van der Waals surface area contributed by atoms with Gasteiger partial charge in [0.15, 0.2) is 0 Å². The molecule has 1 N–H and O–H groups in total. The van der Waals surface area contributed by atoms with E-state index in [1.54, 1.807) is 6.92 Å². The number of fused-ring (bicyclic) bond motifs is 2. The number of carbonyl (C=O) groups is 2. The highest BCUT2D eigenvalue weighted by Crippen LogP contribution is 2.49. The molecule has 2 bridgehead atoms. The van der Waals surface area contributed by atoms with Crippen LogP contribution in [-0.2, 0) is 19.6 Å². The standard InChI is InChI=1S/C18H30N2O5S/c1-2-26(24,25)19-7-5-16(6-8-19)20(12-18(22)23)17(21)11-15-10-13-3-4-14(15)9-13/h13-16H,2-12H2,1H3,(H,22,23). The SMILES string of the molecule is CCS(=O)(=O)N1CCC(N(CC(=O)O)C(=O)CC2CC3CCC2C3)CC1. The van der Waals surface area contributed by atoms with Crippen LogP contribution in [0.25, 0.3) is 0 Å². The van der Waals surface area contributed by atoms with E-state index < -0.39 is 16.0 Å². The molecule has 2 aliphatic carbocycles. The van der Waals surface area contributed by atoms with E-state index in [0.29, 0.717) is 44.2 Å². The molecule has 1 heterocycles. The van der Waals surface area contributed by atoms with Gasteiger partial charge in [-0.05, 0) is 56.8 Å². The molecule has 148 valence electrons. The van der Waals surface area contributed by atoms with Crippen molar-refractivity contribution in [3.8, 4) is 0 Å². The average Bonchev–Trinajstić information content (AvgIpc) is 3.22. The molecule has 3 atom stereocenters. The van der Waals surface area contributed by atoms with Crippen molar-refractivity contribution in [3.63, 3.8) is 0 Å². The Bertz CT molecular complexity index is 642. The minimum atomic E-state index is -3.22. The number of sulfonamides is 1. The predicted molar refractivity (Wildman–Crippen MR) is 97.0 cm³/mol. The topological polar surface area (TPSA) is 95.0 Å². The summed E-state index contributed by atoms with van der Waals surface area (Å²) in [6, 6.07) is -0.180. The number of rotatable bonds is 7. The van der Waals surface area contributed by atoms with Crippen LogP contribution in [-0.4, -0.2) is 66.0 Å². The summed E-state index contributed by atoms with van der Waals surface area (Å²) >= 11 is 0. The molecular formula is C18H30N2O5S. The number of piperidine rings is 1. The number of nitrogens with zero attached hydrogens (tertiary/aromatic N) is 2. The van der Waals surface area contributed by atoms with Gasteiger partial charge >= 0.3 is 5.97 Å². The summed E-state index contributed by atoms with van der Waals surface area (Å²) in [5.74, 6) is 0.787. The Morgan fingerprint density at radius 2 is 1.81 bits per heavy atom. The molecule has 3 fully saturated rings. The van der Waals surface area contributed by atoms with Crippen LogP contribution >= 0.6 is 0 Å². The summed E-state index contributed by atoms with van der Waals surface area (Å²) in [6.07, 6.45) is 6.27. The van der Waals surface area contributed by atoms with Crippen molar-refractivity contribution in [1.82, 2.24) is 9.21 Å². The molecule has 26 heavy (non-hydrogen) atoms. The van der Waals surface area contributed by atoms with Crippen LogP contribution < -0.4 is 0 Å². The van der Waals surface area contributed by atoms with Gasteiger partial charge in [0.2, 0.25) is 15.9 Å². The fourth-order valence-electron chi connectivity index (χ4n) is 5.15. The maximum Gasteiger partial charge on any atom is 0.323 e. The molecule has 2 saturated carbocycles. The van der Waals surface area contributed by atoms with E-state index in [0.717, 1.165) is 12.3 Å². The minimum Gasteiger partial charge on any atom is -0.480 e. The molecule has 1 aliphatic heterocycles. The molecule has 0 aromatic heterocycles. The molecule has 3 unspecified atom stereocenters. The highest BCUT2D eigenvalue weighted by molar-refractivity contribution is 7.89. The Balaban J connectivity index is 1.61. The third-order valence-electron chi connectivity index (χ3n) is 6.57. The van der Waals surface area contributed by atoms with E-state index in [1.165, 1.54) is 28.5 Å². The van der Waals surface area contributed by atoms with Crippen molar-refractivity contribution in [2.45, 2.75) is 57.9 Å². The number of hydrogen-bond acceptors (Lipinski definition) is 4. The zero-order chi connectivity index (χ0) is 18.9. The second-order valence-corrected chi connectivity index (χ2v) is 10.3. The fourth-order valence-corrected chi connectivity index (χ4v) is 6.28. The van der Waals surface area contributed by atoms with Gasteiger partial charge in [-0.3, -0.25) is 9.59 Å². The molecule has 0 aromatic carbocycles. The zero-order valence-corrected chi connectivity index (χ0v) is 16.3. The van der Waals surface area contributed by atoms with E-state index in [2.05, 4.69) is 0 Å². The number of carboxylic acid groups (broad SMARTS) is 1. The van der Waals surface area contributed by atoms with Crippen LogP contribution in [0.5, 0.6) is 0 Å². The van der Waals surface area contributed by atoms with E-state index in [9.17, 15) is 23.1 Å². The van der Waals surface area contributed by atoms with Gasteiger partial charge in [0.05, 0.1) is 5.75 Å². The van der Waals surface area contributed by atoms with Crippen molar-refractivity contribution in [3.05, 3.63) is 0 Å². The third-order valence-corrected chi connectivity index (χ3v) is 8.45. The van der Waals surface area contributed by atoms with Crippen molar-refractivity contribution in [2.75, 3.05) is 25.4 Å². The number of amides is 1. The first kappa shape index (κ1) is 19.6. The van der Waals surface area contributed by atoms with E-state index >= 15 is 0 Å². The molecule has 1 amide bonds. The number of carboxylic acids is 1. The van der Waals surface area contributed by atoms with Crippen molar-refractivity contribution < 1.29 is 23.1 Å². The van der Waals surface area contributed by atoms with Gasteiger partial charge in [-0.1, -0.05) is 6.42 Å². The Hall–Kier alpha value is -1.15. The van der Waals surface area contributed by atoms with Crippen LogP contribution in [0.3, 0.4) is 0 Å². The summed E-state index contributed by atoms with van der Waals surface area (Å²) in [7, 11) is -3.22. The molecule has 3 rings (SSSR count). The van der Waals surface area contributed by atoms with Gasteiger partial charge in [-0.15, -0.1) is 0 Å². The number of carbonyl (C=O) groups excluding carboxylic acids is 1. The average molecular weight is 387 g/mol. The number of aliphatic carboxylic acids is 1. The molecule has 8 heteroatoms. The maximum absolute atomic E-state index is 12.9. The van der Waals surface area contributed by atoms with Crippen LogP contribution in [0.4, 0.5) is 0 Å².